The van der Waals surface area contributed by atoms with Gasteiger partial charge in [0, 0.05) is 31.1 Å². The van der Waals surface area contributed by atoms with Crippen molar-refractivity contribution in [1.29, 1.82) is 0 Å². The van der Waals surface area contributed by atoms with E-state index < -0.39 is 15.7 Å². The molecular formula is C21H17FN8O3S. The van der Waals surface area contributed by atoms with Gasteiger partial charge in [0.05, 0.1) is 11.7 Å². The molecule has 172 valence electrons. The summed E-state index contributed by atoms with van der Waals surface area (Å²) in [6.07, 6.45) is 3.68. The monoisotopic (exact) mass is 480 g/mol. The highest BCUT2D eigenvalue weighted by Gasteiger charge is 2.16. The molecule has 3 heterocycles. The first-order chi connectivity index (χ1) is 16.2. The van der Waals surface area contributed by atoms with Crippen LogP contribution in [0.5, 0.6) is 11.5 Å². The zero-order valence-electron chi connectivity index (χ0n) is 18.2. The minimum absolute atomic E-state index is 0.0311. The molecule has 0 saturated heterocycles. The number of fused-ring (bicyclic) bond motifs is 2. The van der Waals surface area contributed by atoms with Gasteiger partial charge in [-0.05, 0) is 30.7 Å². The summed E-state index contributed by atoms with van der Waals surface area (Å²) in [5.74, 6) is 0.253. The summed E-state index contributed by atoms with van der Waals surface area (Å²) in [5, 5.41) is 10.7. The van der Waals surface area contributed by atoms with Crippen molar-refractivity contribution >= 4 is 43.4 Å². The molecule has 0 spiro atoms. The van der Waals surface area contributed by atoms with Crippen LogP contribution in [0, 0.1) is 12.7 Å². The summed E-state index contributed by atoms with van der Waals surface area (Å²) in [6.45, 7) is 1.81. The molecule has 13 heteroatoms. The predicted molar refractivity (Wildman–Crippen MR) is 121 cm³/mol. The molecular weight excluding hydrogens is 463 g/mol. The van der Waals surface area contributed by atoms with Crippen LogP contribution in [0.15, 0.2) is 48.0 Å². The van der Waals surface area contributed by atoms with Gasteiger partial charge in [0.15, 0.2) is 17.4 Å². The van der Waals surface area contributed by atoms with Gasteiger partial charge in [0.1, 0.15) is 28.6 Å². The maximum atomic E-state index is 14.6. The quantitative estimate of drug-likeness (QED) is 0.373. The molecule has 0 saturated carbocycles. The first-order valence-corrected chi connectivity index (χ1v) is 11.8. The van der Waals surface area contributed by atoms with Gasteiger partial charge in [0.2, 0.25) is 15.0 Å². The summed E-state index contributed by atoms with van der Waals surface area (Å²) in [5.41, 5.74) is 3.07. The number of benzene rings is 2. The van der Waals surface area contributed by atoms with Crippen molar-refractivity contribution in [3.8, 4) is 11.5 Å². The van der Waals surface area contributed by atoms with Crippen LogP contribution in [0.2, 0.25) is 0 Å². The highest BCUT2D eigenvalue weighted by Crippen LogP contribution is 2.32. The molecule has 0 aliphatic heterocycles. The average Bonchev–Trinajstić information content (AvgIpc) is 3.14. The fourth-order valence-corrected chi connectivity index (χ4v) is 3.82. The minimum atomic E-state index is -3.60. The van der Waals surface area contributed by atoms with E-state index >= 15 is 0 Å². The SMILES string of the molecule is Cc1cc(Nc2ncnc3cnc(S(C)(=O)=O)nc23)ccc1Oc1cc2nnn(C)c2cc1F. The molecule has 2 aromatic carbocycles. The number of sulfone groups is 1. The summed E-state index contributed by atoms with van der Waals surface area (Å²) >= 11 is 0. The van der Waals surface area contributed by atoms with Gasteiger partial charge in [-0.25, -0.2) is 37.4 Å². The molecule has 1 N–H and O–H groups in total. The third-order valence-corrected chi connectivity index (χ3v) is 5.87. The van der Waals surface area contributed by atoms with E-state index in [0.29, 0.717) is 39.4 Å². The number of rotatable bonds is 5. The van der Waals surface area contributed by atoms with Crippen molar-refractivity contribution in [3.63, 3.8) is 0 Å². The highest BCUT2D eigenvalue weighted by molar-refractivity contribution is 7.90. The molecule has 0 unspecified atom stereocenters. The normalized spacial score (nSPS) is 11.8. The third kappa shape index (κ3) is 3.96. The van der Waals surface area contributed by atoms with Crippen LogP contribution < -0.4 is 10.1 Å². The lowest BCUT2D eigenvalue weighted by atomic mass is 10.2. The van der Waals surface area contributed by atoms with Crippen LogP contribution in [0.1, 0.15) is 5.56 Å². The first-order valence-electron chi connectivity index (χ1n) is 9.91. The third-order valence-electron chi connectivity index (χ3n) is 5.01. The number of halogens is 1. The van der Waals surface area contributed by atoms with Gasteiger partial charge in [-0.1, -0.05) is 5.21 Å². The van der Waals surface area contributed by atoms with E-state index in [9.17, 15) is 12.8 Å². The number of ether oxygens (including phenoxy) is 1. The average molecular weight is 480 g/mol. The molecule has 3 aromatic heterocycles. The fraction of sp³-hybridized carbons (Fsp3) is 0.143. The van der Waals surface area contributed by atoms with Crippen LogP contribution in [-0.4, -0.2) is 49.6 Å². The zero-order chi connectivity index (χ0) is 24.0. The fourth-order valence-electron chi connectivity index (χ4n) is 3.32. The molecule has 0 amide bonds. The van der Waals surface area contributed by atoms with Gasteiger partial charge >= 0.3 is 0 Å². The van der Waals surface area contributed by atoms with E-state index in [-0.39, 0.29) is 16.4 Å². The van der Waals surface area contributed by atoms with Crippen molar-refractivity contribution in [2.24, 2.45) is 7.05 Å². The smallest absolute Gasteiger partial charge is 0.247 e. The molecule has 0 aliphatic carbocycles. The Balaban J connectivity index is 1.45. The number of nitrogens with zero attached hydrogens (tertiary/aromatic N) is 7. The van der Waals surface area contributed by atoms with Crippen molar-refractivity contribution in [3.05, 3.63) is 54.2 Å². The Hall–Kier alpha value is -4.26. The lowest BCUT2D eigenvalue weighted by Crippen LogP contribution is -2.06. The molecule has 0 fully saturated rings. The Morgan fingerprint density at radius 2 is 1.88 bits per heavy atom. The topological polar surface area (TPSA) is 138 Å². The number of hydrogen-bond donors (Lipinski definition) is 1. The van der Waals surface area contributed by atoms with Crippen LogP contribution in [0.4, 0.5) is 15.9 Å². The molecule has 0 radical (unpaired) electrons. The minimum Gasteiger partial charge on any atom is -0.454 e. The van der Waals surface area contributed by atoms with Crippen LogP contribution >= 0.6 is 0 Å². The number of hydrogen-bond acceptors (Lipinski definition) is 10. The Bertz CT molecular complexity index is 1690. The van der Waals surface area contributed by atoms with E-state index in [0.717, 1.165) is 6.26 Å². The van der Waals surface area contributed by atoms with Gasteiger partial charge in [-0.15, -0.1) is 5.10 Å². The summed E-state index contributed by atoms with van der Waals surface area (Å²) < 4.78 is 45.5. The lowest BCUT2D eigenvalue weighted by molar-refractivity contribution is 0.440. The number of aryl methyl sites for hydroxylation is 2. The summed E-state index contributed by atoms with van der Waals surface area (Å²) in [4.78, 5) is 16.2. The van der Waals surface area contributed by atoms with Crippen molar-refractivity contribution in [2.75, 3.05) is 11.6 Å². The standard InChI is InChI=1S/C21H17FN8O3S/c1-11-6-12(26-20-19-15(24-10-25-20)9-23-21(27-19)34(3,31)32)4-5-17(11)33-18-8-14-16(7-13(18)22)30(2)29-28-14/h4-10H,1-3H3,(H,24,25,26). The molecule has 0 atom stereocenters. The van der Waals surface area contributed by atoms with Crippen LogP contribution in [0.25, 0.3) is 22.1 Å². The van der Waals surface area contributed by atoms with Crippen molar-refractivity contribution in [2.45, 2.75) is 12.1 Å². The second-order valence-electron chi connectivity index (χ2n) is 7.57. The maximum Gasteiger partial charge on any atom is 0.247 e. The Morgan fingerprint density at radius 1 is 1.06 bits per heavy atom. The second kappa shape index (κ2) is 7.95. The molecule has 0 bridgehead atoms. The van der Waals surface area contributed by atoms with E-state index in [1.165, 1.54) is 29.3 Å². The number of aromatic nitrogens is 7. The zero-order valence-corrected chi connectivity index (χ0v) is 19.0. The Labute approximate surface area is 192 Å². The summed E-state index contributed by atoms with van der Waals surface area (Å²) in [7, 11) is -1.92. The summed E-state index contributed by atoms with van der Waals surface area (Å²) in [6, 6.07) is 7.99. The van der Waals surface area contributed by atoms with E-state index in [1.807, 2.05) is 0 Å². The predicted octanol–water partition coefficient (Wildman–Crippen LogP) is 3.09. The van der Waals surface area contributed by atoms with E-state index in [4.69, 9.17) is 4.74 Å². The lowest BCUT2D eigenvalue weighted by Gasteiger charge is -2.13. The van der Waals surface area contributed by atoms with Gasteiger partial charge in [-0.2, -0.15) is 0 Å². The molecule has 5 rings (SSSR count). The Morgan fingerprint density at radius 3 is 2.65 bits per heavy atom. The van der Waals surface area contributed by atoms with Crippen LogP contribution in [0.3, 0.4) is 0 Å². The van der Waals surface area contributed by atoms with E-state index in [2.05, 4.69) is 35.6 Å². The number of anilines is 2. The van der Waals surface area contributed by atoms with Crippen molar-refractivity contribution in [1.82, 2.24) is 34.9 Å². The first kappa shape index (κ1) is 21.6. The Kier molecular flexibility index (Phi) is 5.05. The number of nitrogens with one attached hydrogen (secondary N) is 1. The molecule has 34 heavy (non-hydrogen) atoms. The molecule has 5 aromatic rings. The van der Waals surface area contributed by atoms with Gasteiger partial charge in [0.25, 0.3) is 0 Å². The van der Waals surface area contributed by atoms with Crippen LogP contribution in [-0.2, 0) is 16.9 Å². The van der Waals surface area contributed by atoms with Gasteiger partial charge in [-0.3, -0.25) is 0 Å². The van der Waals surface area contributed by atoms with Gasteiger partial charge < -0.3 is 10.1 Å². The molecule has 11 nitrogen and oxygen atoms in total. The molecule has 0 aliphatic rings. The van der Waals surface area contributed by atoms with E-state index in [1.54, 1.807) is 32.2 Å². The highest BCUT2D eigenvalue weighted by atomic mass is 32.2. The maximum absolute atomic E-state index is 14.6. The van der Waals surface area contributed by atoms with Crippen molar-refractivity contribution < 1.29 is 17.5 Å². The largest absolute Gasteiger partial charge is 0.454 e. The second-order valence-corrected chi connectivity index (χ2v) is 9.48.